The van der Waals surface area contributed by atoms with Crippen molar-refractivity contribution < 1.29 is 13.6 Å². The molecule has 2 aromatic carbocycles. The van der Waals surface area contributed by atoms with Gasteiger partial charge in [0.25, 0.3) is 5.91 Å². The molecule has 0 saturated heterocycles. The third-order valence-corrected chi connectivity index (χ3v) is 6.88. The minimum atomic E-state index is -0.591. The SMILES string of the molecule is CCc1c(-c2ccc(N)cc2)sc(CCc2c(F)cccc2F)c1C(=O)Nc1ccc(C)nn1. The van der Waals surface area contributed by atoms with Gasteiger partial charge in [-0.25, -0.2) is 8.78 Å². The molecule has 0 radical (unpaired) electrons. The number of benzene rings is 2. The Kier molecular flexibility index (Phi) is 6.98. The molecule has 0 bridgehead atoms. The number of hydrogen-bond donors (Lipinski definition) is 2. The van der Waals surface area contributed by atoms with Gasteiger partial charge >= 0.3 is 0 Å². The molecule has 4 rings (SSSR count). The molecule has 0 aliphatic heterocycles. The van der Waals surface area contributed by atoms with E-state index in [4.69, 9.17) is 5.73 Å². The van der Waals surface area contributed by atoms with Crippen LogP contribution in [0.2, 0.25) is 0 Å². The molecule has 0 fully saturated rings. The second-order valence-corrected chi connectivity index (χ2v) is 9.00. The zero-order valence-corrected chi connectivity index (χ0v) is 19.7. The second kappa shape index (κ2) is 10.1. The fourth-order valence-electron chi connectivity index (χ4n) is 3.82. The van der Waals surface area contributed by atoms with Crippen LogP contribution in [0.5, 0.6) is 0 Å². The lowest BCUT2D eigenvalue weighted by atomic mass is 9.98. The molecule has 0 spiro atoms. The van der Waals surface area contributed by atoms with Gasteiger partial charge in [-0.2, -0.15) is 5.10 Å². The number of nitrogens with zero attached hydrogens (tertiary/aromatic N) is 2. The van der Waals surface area contributed by atoms with Crippen molar-refractivity contribution in [1.82, 2.24) is 10.2 Å². The van der Waals surface area contributed by atoms with Crippen LogP contribution in [-0.4, -0.2) is 16.1 Å². The molecule has 5 nitrogen and oxygen atoms in total. The van der Waals surface area contributed by atoms with Gasteiger partial charge in [-0.1, -0.05) is 25.1 Å². The molecule has 0 saturated carbocycles. The molecule has 34 heavy (non-hydrogen) atoms. The highest BCUT2D eigenvalue weighted by Crippen LogP contribution is 2.39. The van der Waals surface area contributed by atoms with E-state index in [0.29, 0.717) is 29.9 Å². The van der Waals surface area contributed by atoms with Crippen molar-refractivity contribution in [3.8, 4) is 10.4 Å². The zero-order chi connectivity index (χ0) is 24.2. The van der Waals surface area contributed by atoms with Crippen LogP contribution in [-0.2, 0) is 19.3 Å². The van der Waals surface area contributed by atoms with Gasteiger partial charge in [0.1, 0.15) is 11.6 Å². The summed E-state index contributed by atoms with van der Waals surface area (Å²) in [4.78, 5) is 15.1. The molecule has 2 aromatic heterocycles. The third kappa shape index (κ3) is 4.97. The summed E-state index contributed by atoms with van der Waals surface area (Å²) >= 11 is 1.46. The standard InChI is InChI=1S/C26H24F2N4OS/c1-3-18-24(26(33)30-23-14-7-15(2)31-32-23)22(13-12-19-20(27)5-4-6-21(19)28)34-25(18)16-8-10-17(29)11-9-16/h4-11,14H,3,12-13,29H2,1-2H3,(H,30,32,33). The number of nitrogens with one attached hydrogen (secondary N) is 1. The molecule has 3 N–H and O–H groups in total. The van der Waals surface area contributed by atoms with Crippen LogP contribution in [0.25, 0.3) is 10.4 Å². The Morgan fingerprint density at radius 1 is 0.971 bits per heavy atom. The molecule has 1 amide bonds. The molecule has 8 heteroatoms. The van der Waals surface area contributed by atoms with E-state index in [0.717, 1.165) is 26.6 Å². The molecule has 174 valence electrons. The van der Waals surface area contributed by atoms with Crippen molar-refractivity contribution in [2.45, 2.75) is 33.1 Å². The van der Waals surface area contributed by atoms with Crippen molar-refractivity contribution in [3.05, 3.63) is 93.5 Å². The van der Waals surface area contributed by atoms with Gasteiger partial charge in [-0.05, 0) is 73.7 Å². The highest BCUT2D eigenvalue weighted by molar-refractivity contribution is 7.16. The summed E-state index contributed by atoms with van der Waals surface area (Å²) in [5.41, 5.74) is 9.56. The normalized spacial score (nSPS) is 10.9. The molecule has 0 unspecified atom stereocenters. The van der Waals surface area contributed by atoms with Crippen LogP contribution in [0.1, 0.15) is 39.0 Å². The number of anilines is 2. The second-order valence-electron chi connectivity index (χ2n) is 7.90. The largest absolute Gasteiger partial charge is 0.399 e. The van der Waals surface area contributed by atoms with Gasteiger partial charge in [0, 0.05) is 21.0 Å². The van der Waals surface area contributed by atoms with Crippen molar-refractivity contribution in [2.24, 2.45) is 0 Å². The van der Waals surface area contributed by atoms with E-state index in [1.54, 1.807) is 12.1 Å². The quantitative estimate of drug-likeness (QED) is 0.321. The number of hydrogen-bond acceptors (Lipinski definition) is 5. The summed E-state index contributed by atoms with van der Waals surface area (Å²) in [6, 6.07) is 14.7. The number of thiophene rings is 1. The summed E-state index contributed by atoms with van der Waals surface area (Å²) in [5.74, 6) is -1.17. The maximum atomic E-state index is 14.2. The van der Waals surface area contributed by atoms with Crippen molar-refractivity contribution >= 4 is 28.7 Å². The van der Waals surface area contributed by atoms with Gasteiger partial charge in [0.2, 0.25) is 0 Å². The average molecular weight is 479 g/mol. The number of aromatic nitrogens is 2. The van der Waals surface area contributed by atoms with Gasteiger partial charge in [-0.3, -0.25) is 4.79 Å². The lowest BCUT2D eigenvalue weighted by Crippen LogP contribution is -2.16. The molecule has 0 aliphatic carbocycles. The number of carbonyl (C=O) groups is 1. The van der Waals surface area contributed by atoms with Crippen LogP contribution in [0.4, 0.5) is 20.3 Å². The molecule has 2 heterocycles. The monoisotopic (exact) mass is 478 g/mol. The molecule has 0 atom stereocenters. The van der Waals surface area contributed by atoms with E-state index < -0.39 is 11.6 Å². The van der Waals surface area contributed by atoms with Crippen molar-refractivity contribution in [3.63, 3.8) is 0 Å². The number of rotatable bonds is 7. The van der Waals surface area contributed by atoms with E-state index in [2.05, 4.69) is 15.5 Å². The molecular formula is C26H24F2N4OS. The number of nitrogens with two attached hydrogens (primary N) is 1. The maximum absolute atomic E-state index is 14.2. The summed E-state index contributed by atoms with van der Waals surface area (Å²) in [6.45, 7) is 3.79. The van der Waals surface area contributed by atoms with Crippen LogP contribution < -0.4 is 11.1 Å². The number of amides is 1. The van der Waals surface area contributed by atoms with E-state index in [-0.39, 0.29) is 17.9 Å². The molecular weight excluding hydrogens is 454 g/mol. The first-order chi connectivity index (χ1) is 16.4. The predicted octanol–water partition coefficient (Wildman–Crippen LogP) is 5.97. The Hall–Kier alpha value is -3.65. The van der Waals surface area contributed by atoms with Crippen LogP contribution in [0.3, 0.4) is 0 Å². The van der Waals surface area contributed by atoms with Gasteiger partial charge < -0.3 is 11.1 Å². The summed E-state index contributed by atoms with van der Waals surface area (Å²) in [7, 11) is 0. The average Bonchev–Trinajstić information content (AvgIpc) is 3.19. The van der Waals surface area contributed by atoms with Crippen molar-refractivity contribution in [2.75, 3.05) is 11.1 Å². The first-order valence-corrected chi connectivity index (χ1v) is 11.7. The Balaban J connectivity index is 1.75. The highest BCUT2D eigenvalue weighted by atomic mass is 32.1. The summed E-state index contributed by atoms with van der Waals surface area (Å²) in [5, 5.41) is 10.8. The molecule has 4 aromatic rings. The fourth-order valence-corrected chi connectivity index (χ4v) is 5.21. The Morgan fingerprint density at radius 2 is 1.68 bits per heavy atom. The maximum Gasteiger partial charge on any atom is 0.258 e. The highest BCUT2D eigenvalue weighted by Gasteiger charge is 2.24. The van der Waals surface area contributed by atoms with Crippen LogP contribution in [0.15, 0.2) is 54.6 Å². The van der Waals surface area contributed by atoms with Crippen LogP contribution in [0, 0.1) is 18.6 Å². The Labute approximate surface area is 200 Å². The lowest BCUT2D eigenvalue weighted by molar-refractivity contribution is 0.102. The summed E-state index contributed by atoms with van der Waals surface area (Å²) in [6.07, 6.45) is 1.05. The third-order valence-electron chi connectivity index (χ3n) is 5.54. The topological polar surface area (TPSA) is 80.9 Å². The number of halogens is 2. The van der Waals surface area contributed by atoms with Gasteiger partial charge in [0.15, 0.2) is 5.82 Å². The van der Waals surface area contributed by atoms with E-state index in [1.165, 1.54) is 29.5 Å². The number of carbonyl (C=O) groups excluding carboxylic acids is 1. The number of aryl methyl sites for hydroxylation is 2. The predicted molar refractivity (Wildman–Crippen MR) is 132 cm³/mol. The first-order valence-electron chi connectivity index (χ1n) is 10.9. The van der Waals surface area contributed by atoms with E-state index >= 15 is 0 Å². The van der Waals surface area contributed by atoms with E-state index in [1.807, 2.05) is 38.1 Å². The smallest absolute Gasteiger partial charge is 0.258 e. The van der Waals surface area contributed by atoms with Gasteiger partial charge in [-0.15, -0.1) is 16.4 Å². The van der Waals surface area contributed by atoms with E-state index in [9.17, 15) is 13.6 Å². The van der Waals surface area contributed by atoms with Gasteiger partial charge in [0.05, 0.1) is 11.3 Å². The molecule has 0 aliphatic rings. The minimum absolute atomic E-state index is 0.0127. The lowest BCUT2D eigenvalue weighted by Gasteiger charge is -2.09. The number of nitrogen functional groups attached to an aromatic ring is 1. The zero-order valence-electron chi connectivity index (χ0n) is 18.9. The first kappa shape index (κ1) is 23.5. The van der Waals surface area contributed by atoms with Crippen LogP contribution >= 0.6 is 11.3 Å². The van der Waals surface area contributed by atoms with Crippen molar-refractivity contribution in [1.29, 1.82) is 0 Å². The Bertz CT molecular complexity index is 1300. The summed E-state index contributed by atoms with van der Waals surface area (Å²) < 4.78 is 28.5. The Morgan fingerprint density at radius 3 is 2.29 bits per heavy atom. The minimum Gasteiger partial charge on any atom is -0.399 e. The fraction of sp³-hybridized carbons (Fsp3) is 0.192.